The van der Waals surface area contributed by atoms with E-state index in [0.717, 1.165) is 77.7 Å². The van der Waals surface area contributed by atoms with Crippen molar-refractivity contribution < 1.29 is 9.47 Å². The molecule has 1 N–H and O–H groups in total. The number of hydrogen-bond acceptors (Lipinski definition) is 4. The van der Waals surface area contributed by atoms with E-state index in [4.69, 9.17) is 14.5 Å². The Labute approximate surface area is 193 Å². The molecule has 2 aliphatic heterocycles. The fourth-order valence-corrected chi connectivity index (χ4v) is 3.97. The van der Waals surface area contributed by atoms with Gasteiger partial charge in [0.25, 0.3) is 0 Å². The van der Waals surface area contributed by atoms with Crippen LogP contribution in [0.25, 0.3) is 0 Å². The normalized spacial score (nSPS) is 22.3. The average molecular weight is 516 g/mol. The number of nitrogens with one attached hydrogen (secondary N) is 1. The maximum absolute atomic E-state index is 5.98. The van der Waals surface area contributed by atoms with E-state index in [9.17, 15) is 0 Å². The lowest BCUT2D eigenvalue weighted by Gasteiger charge is -2.37. The molecule has 2 saturated heterocycles. The fourth-order valence-electron chi connectivity index (χ4n) is 3.97. The van der Waals surface area contributed by atoms with E-state index in [2.05, 4.69) is 59.3 Å². The molecule has 3 rings (SSSR count). The van der Waals surface area contributed by atoms with E-state index >= 15 is 0 Å². The molecular weight excluding hydrogens is 479 g/mol. The van der Waals surface area contributed by atoms with Crippen molar-refractivity contribution in [2.24, 2.45) is 4.99 Å². The Morgan fingerprint density at radius 1 is 1.17 bits per heavy atom. The van der Waals surface area contributed by atoms with Crippen LogP contribution in [0.3, 0.4) is 0 Å². The Kier molecular flexibility index (Phi) is 11.1. The minimum Gasteiger partial charge on any atom is -0.375 e. The third-order valence-electron chi connectivity index (χ3n) is 5.46. The number of rotatable bonds is 8. The number of morpholine rings is 1. The van der Waals surface area contributed by atoms with E-state index in [0.29, 0.717) is 0 Å². The molecule has 0 radical (unpaired) electrons. The molecule has 164 valence electrons. The summed E-state index contributed by atoms with van der Waals surface area (Å²) in [5.74, 6) is 1.01. The van der Waals surface area contributed by atoms with Crippen LogP contribution in [0.2, 0.25) is 0 Å². The van der Waals surface area contributed by atoms with Gasteiger partial charge in [-0.2, -0.15) is 0 Å². The van der Waals surface area contributed by atoms with Gasteiger partial charge in [0, 0.05) is 51.6 Å². The summed E-state index contributed by atoms with van der Waals surface area (Å²) >= 11 is 0. The standard InChI is InChI=1S/C22H36N4O2.HI/c1-3-23-22(26-15-17-28-21(18-26)20-12-8-16-27-20)24-13-9-14-25(4-2)19-10-6-5-7-11-19;/h5-7,10-11,20-21H,3-4,8-9,12-18H2,1-2H3,(H,23,24);1H. The second-order valence-electron chi connectivity index (χ2n) is 7.41. The Balaban J connectivity index is 0.00000300. The summed E-state index contributed by atoms with van der Waals surface area (Å²) in [6.45, 7) is 11.4. The van der Waals surface area contributed by atoms with Gasteiger partial charge in [-0.15, -0.1) is 24.0 Å². The molecule has 2 unspecified atom stereocenters. The van der Waals surface area contributed by atoms with Crippen molar-refractivity contribution in [3.8, 4) is 0 Å². The van der Waals surface area contributed by atoms with Gasteiger partial charge in [0.2, 0.25) is 0 Å². The zero-order chi connectivity index (χ0) is 19.6. The molecule has 2 heterocycles. The van der Waals surface area contributed by atoms with Gasteiger partial charge in [-0.25, -0.2) is 0 Å². The summed E-state index contributed by atoms with van der Waals surface area (Å²) < 4.78 is 11.8. The molecule has 1 aromatic rings. The van der Waals surface area contributed by atoms with Crippen LogP contribution >= 0.6 is 24.0 Å². The highest BCUT2D eigenvalue weighted by Gasteiger charge is 2.32. The summed E-state index contributed by atoms with van der Waals surface area (Å²) in [6, 6.07) is 10.6. The zero-order valence-electron chi connectivity index (χ0n) is 17.9. The number of hydrogen-bond donors (Lipinski definition) is 1. The highest BCUT2D eigenvalue weighted by molar-refractivity contribution is 14.0. The van der Waals surface area contributed by atoms with Crippen LogP contribution in [0.15, 0.2) is 35.3 Å². The first-order valence-electron chi connectivity index (χ1n) is 10.9. The van der Waals surface area contributed by atoms with Crippen molar-refractivity contribution in [2.75, 3.05) is 57.4 Å². The van der Waals surface area contributed by atoms with Crippen LogP contribution in [0.4, 0.5) is 5.69 Å². The van der Waals surface area contributed by atoms with E-state index < -0.39 is 0 Å². The van der Waals surface area contributed by atoms with Gasteiger partial charge in [-0.05, 0) is 45.2 Å². The Morgan fingerprint density at radius 2 is 1.97 bits per heavy atom. The Hall–Kier alpha value is -1.06. The molecule has 0 saturated carbocycles. The molecule has 0 aromatic heterocycles. The highest BCUT2D eigenvalue weighted by atomic mass is 127. The van der Waals surface area contributed by atoms with Crippen molar-refractivity contribution in [2.45, 2.75) is 45.3 Å². The number of nitrogens with zero attached hydrogens (tertiary/aromatic N) is 3. The van der Waals surface area contributed by atoms with Gasteiger partial charge < -0.3 is 24.6 Å². The van der Waals surface area contributed by atoms with Crippen LogP contribution in [-0.4, -0.2) is 75.5 Å². The number of benzene rings is 1. The molecule has 2 fully saturated rings. The highest BCUT2D eigenvalue weighted by Crippen LogP contribution is 2.21. The van der Waals surface area contributed by atoms with Gasteiger partial charge >= 0.3 is 0 Å². The first kappa shape index (κ1) is 24.2. The molecule has 0 aliphatic carbocycles. The van der Waals surface area contributed by atoms with Gasteiger partial charge in [0.1, 0.15) is 6.10 Å². The Morgan fingerprint density at radius 3 is 2.66 bits per heavy atom. The number of ether oxygens (including phenoxy) is 2. The molecule has 29 heavy (non-hydrogen) atoms. The topological polar surface area (TPSA) is 49.3 Å². The molecule has 0 bridgehead atoms. The van der Waals surface area contributed by atoms with Gasteiger partial charge in [0.15, 0.2) is 5.96 Å². The number of anilines is 1. The predicted octanol–water partition coefficient (Wildman–Crippen LogP) is 3.37. The second-order valence-corrected chi connectivity index (χ2v) is 7.41. The first-order chi connectivity index (χ1) is 13.8. The van der Waals surface area contributed by atoms with E-state index in [1.165, 1.54) is 5.69 Å². The molecule has 2 atom stereocenters. The van der Waals surface area contributed by atoms with Gasteiger partial charge in [-0.1, -0.05) is 18.2 Å². The van der Waals surface area contributed by atoms with Crippen molar-refractivity contribution >= 4 is 35.6 Å². The summed E-state index contributed by atoms with van der Waals surface area (Å²) in [6.07, 6.45) is 3.70. The summed E-state index contributed by atoms with van der Waals surface area (Å²) in [5, 5.41) is 3.46. The minimum atomic E-state index is 0. The van der Waals surface area contributed by atoms with Gasteiger partial charge in [0.05, 0.1) is 12.7 Å². The first-order valence-corrected chi connectivity index (χ1v) is 10.9. The lowest BCUT2D eigenvalue weighted by atomic mass is 10.1. The fraction of sp³-hybridized carbons (Fsp3) is 0.682. The number of aliphatic imine (C=N–C) groups is 1. The molecule has 2 aliphatic rings. The molecule has 6 nitrogen and oxygen atoms in total. The molecule has 1 aromatic carbocycles. The summed E-state index contributed by atoms with van der Waals surface area (Å²) in [4.78, 5) is 9.66. The quantitative estimate of drug-likeness (QED) is 0.249. The second kappa shape index (κ2) is 13.3. The lowest BCUT2D eigenvalue weighted by Crippen LogP contribution is -2.53. The van der Waals surface area contributed by atoms with E-state index in [-0.39, 0.29) is 36.2 Å². The zero-order valence-corrected chi connectivity index (χ0v) is 20.2. The summed E-state index contributed by atoms with van der Waals surface area (Å²) in [5.41, 5.74) is 1.29. The van der Waals surface area contributed by atoms with Gasteiger partial charge in [-0.3, -0.25) is 4.99 Å². The minimum absolute atomic E-state index is 0. The Bertz CT molecular complexity index is 596. The maximum Gasteiger partial charge on any atom is 0.194 e. The van der Waals surface area contributed by atoms with Crippen LogP contribution in [0.1, 0.15) is 33.1 Å². The lowest BCUT2D eigenvalue weighted by molar-refractivity contribution is -0.0817. The van der Waals surface area contributed by atoms with Crippen LogP contribution in [0.5, 0.6) is 0 Å². The number of para-hydroxylation sites is 1. The molecule has 0 spiro atoms. The van der Waals surface area contributed by atoms with E-state index in [1.807, 2.05) is 0 Å². The molecule has 7 heteroatoms. The third kappa shape index (κ3) is 7.29. The van der Waals surface area contributed by atoms with Crippen molar-refractivity contribution in [3.63, 3.8) is 0 Å². The maximum atomic E-state index is 5.98. The van der Waals surface area contributed by atoms with Crippen molar-refractivity contribution in [3.05, 3.63) is 30.3 Å². The third-order valence-corrected chi connectivity index (χ3v) is 5.46. The van der Waals surface area contributed by atoms with Crippen molar-refractivity contribution in [1.29, 1.82) is 0 Å². The number of halogens is 1. The summed E-state index contributed by atoms with van der Waals surface area (Å²) in [7, 11) is 0. The van der Waals surface area contributed by atoms with Crippen LogP contribution < -0.4 is 10.2 Å². The smallest absolute Gasteiger partial charge is 0.194 e. The predicted molar refractivity (Wildman–Crippen MR) is 131 cm³/mol. The largest absolute Gasteiger partial charge is 0.375 e. The number of guanidine groups is 1. The molecule has 0 amide bonds. The van der Waals surface area contributed by atoms with Crippen LogP contribution in [0, 0.1) is 0 Å². The SMILES string of the molecule is CCNC(=NCCCN(CC)c1ccccc1)N1CCOC(C2CCCO2)C1.I. The monoisotopic (exact) mass is 516 g/mol. The van der Waals surface area contributed by atoms with Crippen molar-refractivity contribution in [1.82, 2.24) is 10.2 Å². The molecular formula is C22H37IN4O2. The van der Waals surface area contributed by atoms with Crippen LogP contribution in [-0.2, 0) is 9.47 Å². The average Bonchev–Trinajstić information content (AvgIpc) is 3.29. The van der Waals surface area contributed by atoms with E-state index in [1.54, 1.807) is 0 Å².